The van der Waals surface area contributed by atoms with Gasteiger partial charge in [0.25, 0.3) is 11.8 Å². The van der Waals surface area contributed by atoms with E-state index in [1.165, 1.54) is 0 Å². The molecule has 0 aliphatic rings. The van der Waals surface area contributed by atoms with Crippen molar-refractivity contribution in [2.75, 3.05) is 0 Å². The lowest BCUT2D eigenvalue weighted by atomic mass is 9.91. The summed E-state index contributed by atoms with van der Waals surface area (Å²) in [5, 5.41) is 3.01. The maximum atomic E-state index is 15.1. The van der Waals surface area contributed by atoms with Crippen LogP contribution in [0, 0.1) is 0 Å². The van der Waals surface area contributed by atoms with Gasteiger partial charge in [0.15, 0.2) is 0 Å². The van der Waals surface area contributed by atoms with Gasteiger partial charge in [-0.15, -0.1) is 0 Å². The van der Waals surface area contributed by atoms with Crippen molar-refractivity contribution >= 4 is 52.4 Å². The van der Waals surface area contributed by atoms with Crippen LogP contribution in [-0.2, 0) is 11.0 Å². The number of carbonyl (C=O) groups is 2. The first-order valence-corrected chi connectivity index (χ1v) is 12.0. The molecule has 0 fully saturated rings. The summed E-state index contributed by atoms with van der Waals surface area (Å²) in [5.41, 5.74) is -3.88. The molecule has 0 bridgehead atoms. The highest BCUT2D eigenvalue weighted by Gasteiger charge is 2.38. The van der Waals surface area contributed by atoms with Crippen LogP contribution in [0.25, 0.3) is 5.83 Å². The average Bonchev–Trinajstić information content (AvgIpc) is 2.77. The lowest BCUT2D eigenvalue weighted by Crippen LogP contribution is -2.47. The van der Waals surface area contributed by atoms with Crippen LogP contribution in [-0.4, -0.2) is 30.1 Å². The number of nitrogens with one attached hydrogen (secondary N) is 2. The fourth-order valence-corrected chi connectivity index (χ4v) is 4.06. The van der Waals surface area contributed by atoms with E-state index in [0.29, 0.717) is 25.1 Å². The molecule has 0 aliphatic heterocycles. The molecule has 0 spiro atoms. The second-order valence-electron chi connectivity index (χ2n) is 8.56. The Bertz CT molecular complexity index is 1280. The number of amides is 2. The summed E-state index contributed by atoms with van der Waals surface area (Å²) in [6.07, 6.45) is -13.2. The second-order valence-corrected chi connectivity index (χ2v) is 9.75. The van der Waals surface area contributed by atoms with Gasteiger partial charge < -0.3 is 10.6 Å². The van der Waals surface area contributed by atoms with Crippen LogP contribution in [0.2, 0.25) is 15.1 Å². The molecule has 0 saturated heterocycles. The lowest BCUT2D eigenvalue weighted by Gasteiger charge is -2.22. The molecular formula is C24H18Cl3F9N2O2. The van der Waals surface area contributed by atoms with Crippen molar-refractivity contribution in [3.8, 4) is 0 Å². The number of alkyl halides is 8. The Hall–Kier alpha value is -2.64. The smallest absolute Gasteiger partial charge is 0.336 e. The molecule has 16 heteroatoms. The van der Waals surface area contributed by atoms with Gasteiger partial charge in [0.1, 0.15) is 12.2 Å². The fraction of sp³-hybridized carbons (Fsp3) is 0.333. The van der Waals surface area contributed by atoms with Crippen LogP contribution < -0.4 is 10.6 Å². The second kappa shape index (κ2) is 12.5. The molecule has 0 saturated carbocycles. The van der Waals surface area contributed by atoms with E-state index in [0.717, 1.165) is 19.1 Å². The molecule has 0 aromatic heterocycles. The van der Waals surface area contributed by atoms with Crippen molar-refractivity contribution in [1.82, 2.24) is 10.6 Å². The molecule has 2 aromatic rings. The topological polar surface area (TPSA) is 58.2 Å². The van der Waals surface area contributed by atoms with Gasteiger partial charge >= 0.3 is 12.4 Å². The molecule has 1 unspecified atom stereocenters. The summed E-state index contributed by atoms with van der Waals surface area (Å²) in [6, 6.07) is 3.42. The van der Waals surface area contributed by atoms with Crippen LogP contribution in [0.4, 0.5) is 39.5 Å². The molecule has 0 radical (unpaired) electrons. The molecule has 220 valence electrons. The highest BCUT2D eigenvalue weighted by molar-refractivity contribution is 6.48. The fourth-order valence-electron chi connectivity index (χ4n) is 3.44. The van der Waals surface area contributed by atoms with Gasteiger partial charge in [-0.3, -0.25) is 9.59 Å². The molecule has 2 N–H and O–H groups in total. The zero-order valence-electron chi connectivity index (χ0n) is 20.2. The largest absolute Gasteiger partial charge is 0.417 e. The Labute approximate surface area is 236 Å². The van der Waals surface area contributed by atoms with Crippen LogP contribution in [0.15, 0.2) is 36.4 Å². The van der Waals surface area contributed by atoms with E-state index in [4.69, 9.17) is 34.8 Å². The van der Waals surface area contributed by atoms with Crippen LogP contribution in [0.3, 0.4) is 0 Å². The van der Waals surface area contributed by atoms with Gasteiger partial charge in [-0.25, -0.2) is 13.2 Å². The molecule has 4 nitrogen and oxygen atoms in total. The normalized spacial score (nSPS) is 14.5. The maximum Gasteiger partial charge on any atom is 0.417 e. The summed E-state index contributed by atoms with van der Waals surface area (Å²) >= 11 is 17.5. The summed E-state index contributed by atoms with van der Waals surface area (Å²) in [4.78, 5) is 23.8. The molecule has 2 aromatic carbocycles. The third-order valence-corrected chi connectivity index (χ3v) is 6.35. The van der Waals surface area contributed by atoms with E-state index in [-0.39, 0.29) is 26.7 Å². The van der Waals surface area contributed by atoms with Crippen molar-refractivity contribution in [3.05, 3.63) is 73.7 Å². The van der Waals surface area contributed by atoms with Crippen molar-refractivity contribution in [3.63, 3.8) is 0 Å². The number of benzene rings is 2. The van der Waals surface area contributed by atoms with Crippen molar-refractivity contribution < 1.29 is 49.1 Å². The Morgan fingerprint density at radius 1 is 0.925 bits per heavy atom. The molecule has 2 atom stereocenters. The average molecular weight is 644 g/mol. The Morgan fingerprint density at radius 2 is 1.48 bits per heavy atom. The molecular weight excluding hydrogens is 626 g/mol. The van der Waals surface area contributed by atoms with Gasteiger partial charge in [-0.2, -0.15) is 26.3 Å². The molecule has 2 rings (SSSR count). The standard InChI is InChI=1S/C24H18Cl3F9N2O2/c1-10(37-19(39)9-23(31,32)33)38-21(40)13-4-3-11(5-15(13)24(34,35)36)18(28)8-14(22(2,29)30)12-6-16(25)20(27)17(26)7-12/h3-8,10,14H,9H2,1-2H3,(H,37,39)(H,38,40)/b18-8-/t10-,14?/m1/s1. The molecule has 0 heterocycles. The van der Waals surface area contributed by atoms with E-state index in [9.17, 15) is 44.7 Å². The van der Waals surface area contributed by atoms with E-state index in [1.807, 2.05) is 5.32 Å². The summed E-state index contributed by atoms with van der Waals surface area (Å²) in [5.74, 6) is -10.2. The van der Waals surface area contributed by atoms with Crippen LogP contribution in [0.1, 0.15) is 53.2 Å². The van der Waals surface area contributed by atoms with Crippen molar-refractivity contribution in [2.45, 2.75) is 50.6 Å². The highest BCUT2D eigenvalue weighted by Crippen LogP contribution is 2.42. The summed E-state index contributed by atoms with van der Waals surface area (Å²) < 4.78 is 122. The predicted molar refractivity (Wildman–Crippen MR) is 131 cm³/mol. The van der Waals surface area contributed by atoms with Crippen molar-refractivity contribution in [2.24, 2.45) is 0 Å². The Balaban J connectivity index is 2.44. The maximum absolute atomic E-state index is 15.1. The first kappa shape index (κ1) is 33.6. The van der Waals surface area contributed by atoms with Gasteiger partial charge in [0.05, 0.1) is 38.3 Å². The SMILES string of the molecule is C[C@H](NC(=O)CC(F)(F)F)NC(=O)c1ccc(/C(F)=C/C(c2cc(Cl)c(Cl)c(Cl)c2)C(C)(F)F)cc1C(F)(F)F. The molecule has 40 heavy (non-hydrogen) atoms. The van der Waals surface area contributed by atoms with Gasteiger partial charge in [0.2, 0.25) is 5.91 Å². The van der Waals surface area contributed by atoms with Gasteiger partial charge in [-0.05, 0) is 42.8 Å². The van der Waals surface area contributed by atoms with E-state index in [2.05, 4.69) is 0 Å². The minimum absolute atomic E-state index is 0.160. The van der Waals surface area contributed by atoms with Gasteiger partial charge in [0, 0.05) is 12.5 Å². The quantitative estimate of drug-likeness (QED) is 0.172. The highest BCUT2D eigenvalue weighted by atomic mass is 35.5. The van der Waals surface area contributed by atoms with Gasteiger partial charge in [-0.1, -0.05) is 40.9 Å². The third kappa shape index (κ3) is 9.20. The van der Waals surface area contributed by atoms with Crippen LogP contribution in [0.5, 0.6) is 0 Å². The molecule has 0 aliphatic carbocycles. The predicted octanol–water partition coefficient (Wildman–Crippen LogP) is 8.56. The third-order valence-electron chi connectivity index (χ3n) is 5.16. The minimum Gasteiger partial charge on any atom is -0.336 e. The Kier molecular flexibility index (Phi) is 10.5. The number of allylic oxidation sites excluding steroid dienone is 1. The first-order chi connectivity index (χ1) is 18.1. The monoisotopic (exact) mass is 642 g/mol. The number of halogens is 12. The first-order valence-electron chi connectivity index (χ1n) is 10.9. The Morgan fingerprint density at radius 3 is 1.95 bits per heavy atom. The van der Waals surface area contributed by atoms with E-state index < -0.39 is 71.1 Å². The van der Waals surface area contributed by atoms with E-state index >= 15 is 4.39 Å². The van der Waals surface area contributed by atoms with Crippen molar-refractivity contribution in [1.29, 1.82) is 0 Å². The molecule has 2 amide bonds. The van der Waals surface area contributed by atoms with Crippen LogP contribution >= 0.6 is 34.8 Å². The minimum atomic E-state index is -5.25. The summed E-state index contributed by atoms with van der Waals surface area (Å²) in [6.45, 7) is 1.43. The number of hydrogen-bond acceptors (Lipinski definition) is 2. The lowest BCUT2D eigenvalue weighted by molar-refractivity contribution is -0.154. The number of carbonyl (C=O) groups excluding carboxylic acids is 2. The van der Waals surface area contributed by atoms with E-state index in [1.54, 1.807) is 5.32 Å². The summed E-state index contributed by atoms with van der Waals surface area (Å²) in [7, 11) is 0. The zero-order chi connectivity index (χ0) is 30.8. The number of hydrogen-bond donors (Lipinski definition) is 2. The number of rotatable bonds is 8. The zero-order valence-corrected chi connectivity index (χ0v) is 22.4.